The molecule has 0 aliphatic carbocycles. The van der Waals surface area contributed by atoms with Crippen molar-refractivity contribution in [3.8, 4) is 22.3 Å². The van der Waals surface area contributed by atoms with Gasteiger partial charge >= 0.3 is 0 Å². The van der Waals surface area contributed by atoms with Gasteiger partial charge < -0.3 is 0 Å². The third kappa shape index (κ3) is 2.56. The first kappa shape index (κ1) is 18.1. The number of fused-ring (bicyclic) bond motifs is 4. The predicted octanol–water partition coefficient (Wildman–Crippen LogP) is 6.93. The van der Waals surface area contributed by atoms with Crippen molar-refractivity contribution in [2.45, 2.75) is 0 Å². The van der Waals surface area contributed by atoms with Crippen molar-refractivity contribution in [3.05, 3.63) is 120 Å². The molecule has 0 atom stereocenters. The number of hydrogen-bond donors (Lipinski definition) is 0. The topological polar surface area (TPSA) is 34.4 Å². The van der Waals surface area contributed by atoms with Gasteiger partial charge in [0, 0.05) is 21.7 Å². The van der Waals surface area contributed by atoms with Gasteiger partial charge in [0.1, 0.15) is 5.65 Å². The molecule has 0 saturated carbocycles. The molecule has 154 valence electrons. The van der Waals surface area contributed by atoms with Crippen LogP contribution < -0.4 is 5.56 Å². The van der Waals surface area contributed by atoms with E-state index in [2.05, 4.69) is 54.6 Å². The molecule has 0 unspecified atom stereocenters. The standard InChI is InChI=1S/C30H18N2O/c33-30-24-16-8-14-21-13-7-15-23(27(21)24)29-31-28-25(20-11-5-2-6-12-20)17-22(18-26(28)32(29)30)19-9-3-1-4-10-19/h1-18H. The highest BCUT2D eigenvalue weighted by Gasteiger charge is 2.19. The van der Waals surface area contributed by atoms with Gasteiger partial charge in [0.05, 0.1) is 11.0 Å². The average molecular weight is 422 g/mol. The Morgan fingerprint density at radius 3 is 2.00 bits per heavy atom. The second kappa shape index (κ2) is 6.75. The van der Waals surface area contributed by atoms with Crippen molar-refractivity contribution in [2.75, 3.05) is 0 Å². The summed E-state index contributed by atoms with van der Waals surface area (Å²) in [4.78, 5) is 18.9. The van der Waals surface area contributed by atoms with Crippen LogP contribution in [0, 0.1) is 0 Å². The molecule has 0 aliphatic heterocycles. The normalized spacial score (nSPS) is 11.8. The molecule has 3 nitrogen and oxygen atoms in total. The number of pyridine rings is 1. The molecule has 0 aliphatic rings. The molecule has 2 heterocycles. The quantitative estimate of drug-likeness (QED) is 0.303. The zero-order chi connectivity index (χ0) is 21.9. The Morgan fingerprint density at radius 2 is 1.27 bits per heavy atom. The highest BCUT2D eigenvalue weighted by atomic mass is 16.1. The Bertz CT molecular complexity index is 1860. The lowest BCUT2D eigenvalue weighted by Crippen LogP contribution is -2.13. The lowest BCUT2D eigenvalue weighted by Gasteiger charge is -2.09. The van der Waals surface area contributed by atoms with Crippen molar-refractivity contribution in [3.63, 3.8) is 0 Å². The first-order valence-corrected chi connectivity index (χ1v) is 11.0. The first-order valence-electron chi connectivity index (χ1n) is 11.0. The minimum atomic E-state index is -0.0268. The van der Waals surface area contributed by atoms with Crippen LogP contribution in [0.25, 0.3) is 60.5 Å². The Hall–Kier alpha value is -4.50. The third-order valence-electron chi connectivity index (χ3n) is 6.53. The van der Waals surface area contributed by atoms with Gasteiger partial charge in [-0.25, -0.2) is 4.98 Å². The van der Waals surface area contributed by atoms with Crippen LogP contribution in [0.4, 0.5) is 0 Å². The number of benzene rings is 5. The van der Waals surface area contributed by atoms with Gasteiger partial charge in [-0.3, -0.25) is 9.20 Å². The van der Waals surface area contributed by atoms with E-state index in [0.717, 1.165) is 54.8 Å². The first-order chi connectivity index (χ1) is 16.3. The van der Waals surface area contributed by atoms with E-state index < -0.39 is 0 Å². The monoisotopic (exact) mass is 422 g/mol. The highest BCUT2D eigenvalue weighted by Crippen LogP contribution is 2.36. The van der Waals surface area contributed by atoms with Crippen molar-refractivity contribution >= 4 is 38.2 Å². The van der Waals surface area contributed by atoms with Crippen LogP contribution in [-0.4, -0.2) is 9.38 Å². The fourth-order valence-corrected chi connectivity index (χ4v) is 5.02. The van der Waals surface area contributed by atoms with Crippen LogP contribution in [0.15, 0.2) is 114 Å². The van der Waals surface area contributed by atoms with Crippen LogP contribution in [-0.2, 0) is 0 Å². The van der Waals surface area contributed by atoms with Crippen molar-refractivity contribution in [1.29, 1.82) is 0 Å². The van der Waals surface area contributed by atoms with E-state index in [4.69, 9.17) is 4.98 Å². The van der Waals surface area contributed by atoms with Crippen LogP contribution in [0.1, 0.15) is 0 Å². The SMILES string of the molecule is O=c1c2cccc3cccc(c32)c2nc3c(-c4ccccc4)cc(-c4ccccc4)cc3n12. The summed E-state index contributed by atoms with van der Waals surface area (Å²) in [6.45, 7) is 0. The summed E-state index contributed by atoms with van der Waals surface area (Å²) in [6, 6.07) is 36.9. The van der Waals surface area contributed by atoms with Gasteiger partial charge in [0.15, 0.2) is 0 Å². The molecule has 5 aromatic carbocycles. The zero-order valence-electron chi connectivity index (χ0n) is 17.7. The molecule has 7 aromatic rings. The van der Waals surface area contributed by atoms with Crippen LogP contribution in [0.5, 0.6) is 0 Å². The molecule has 3 heteroatoms. The molecule has 0 fully saturated rings. The summed E-state index contributed by atoms with van der Waals surface area (Å²) < 4.78 is 1.80. The molecular weight excluding hydrogens is 404 g/mol. The van der Waals surface area contributed by atoms with E-state index in [9.17, 15) is 4.79 Å². The highest BCUT2D eigenvalue weighted by molar-refractivity contribution is 6.16. The second-order valence-corrected chi connectivity index (χ2v) is 8.41. The van der Waals surface area contributed by atoms with Gasteiger partial charge in [0.2, 0.25) is 0 Å². The smallest absolute Gasteiger partial charge is 0.264 e. The Balaban J connectivity index is 1.72. The Kier molecular flexibility index (Phi) is 3.70. The Labute approximate surface area is 189 Å². The molecule has 33 heavy (non-hydrogen) atoms. The summed E-state index contributed by atoms with van der Waals surface area (Å²) in [5.74, 6) is 0. The molecule has 7 rings (SSSR count). The van der Waals surface area contributed by atoms with Gasteiger partial charge in [0.25, 0.3) is 5.56 Å². The number of hydrogen-bond acceptors (Lipinski definition) is 2. The van der Waals surface area contributed by atoms with E-state index in [1.807, 2.05) is 54.6 Å². The second-order valence-electron chi connectivity index (χ2n) is 8.41. The molecule has 0 bridgehead atoms. The average Bonchev–Trinajstić information content (AvgIpc) is 3.27. The number of aromatic nitrogens is 2. The number of nitrogens with zero attached hydrogens (tertiary/aromatic N) is 2. The summed E-state index contributed by atoms with van der Waals surface area (Å²) in [7, 11) is 0. The number of imidazole rings is 1. The molecule has 2 aromatic heterocycles. The van der Waals surface area contributed by atoms with Gasteiger partial charge in [-0.05, 0) is 40.3 Å². The van der Waals surface area contributed by atoms with Crippen molar-refractivity contribution < 1.29 is 0 Å². The Morgan fingerprint density at radius 1 is 0.606 bits per heavy atom. The lowest BCUT2D eigenvalue weighted by atomic mass is 9.97. The molecule has 0 saturated heterocycles. The van der Waals surface area contributed by atoms with Gasteiger partial charge in [-0.2, -0.15) is 0 Å². The summed E-state index contributed by atoms with van der Waals surface area (Å²) in [6.07, 6.45) is 0. The predicted molar refractivity (Wildman–Crippen MR) is 136 cm³/mol. The van der Waals surface area contributed by atoms with Crippen LogP contribution >= 0.6 is 0 Å². The number of rotatable bonds is 2. The molecule has 0 spiro atoms. The van der Waals surface area contributed by atoms with E-state index in [-0.39, 0.29) is 5.56 Å². The summed E-state index contributed by atoms with van der Waals surface area (Å²) in [5.41, 5.74) is 6.64. The molecule has 0 radical (unpaired) electrons. The minimum Gasteiger partial charge on any atom is -0.268 e. The van der Waals surface area contributed by atoms with Gasteiger partial charge in [-0.15, -0.1) is 0 Å². The van der Waals surface area contributed by atoms with Crippen LogP contribution in [0.3, 0.4) is 0 Å². The van der Waals surface area contributed by atoms with E-state index in [0.29, 0.717) is 5.65 Å². The van der Waals surface area contributed by atoms with Crippen LogP contribution in [0.2, 0.25) is 0 Å². The lowest BCUT2D eigenvalue weighted by molar-refractivity contribution is 1.19. The fourth-order valence-electron chi connectivity index (χ4n) is 5.02. The minimum absolute atomic E-state index is 0.0268. The van der Waals surface area contributed by atoms with Gasteiger partial charge in [-0.1, -0.05) is 91.0 Å². The summed E-state index contributed by atoms with van der Waals surface area (Å²) >= 11 is 0. The maximum atomic E-state index is 13.8. The zero-order valence-corrected chi connectivity index (χ0v) is 17.7. The van der Waals surface area contributed by atoms with Crippen molar-refractivity contribution in [2.24, 2.45) is 0 Å². The fraction of sp³-hybridized carbons (Fsp3) is 0. The summed E-state index contributed by atoms with van der Waals surface area (Å²) in [5, 5.41) is 3.77. The maximum Gasteiger partial charge on any atom is 0.264 e. The molecular formula is C30H18N2O. The van der Waals surface area contributed by atoms with E-state index in [1.165, 1.54) is 0 Å². The maximum absolute atomic E-state index is 13.8. The largest absolute Gasteiger partial charge is 0.268 e. The van der Waals surface area contributed by atoms with Crippen molar-refractivity contribution in [1.82, 2.24) is 9.38 Å². The van der Waals surface area contributed by atoms with E-state index in [1.54, 1.807) is 4.40 Å². The van der Waals surface area contributed by atoms with E-state index >= 15 is 0 Å². The third-order valence-corrected chi connectivity index (χ3v) is 6.53. The molecule has 0 N–H and O–H groups in total. The molecule has 0 amide bonds.